The topological polar surface area (TPSA) is 80.4 Å². The highest BCUT2D eigenvalue weighted by Crippen LogP contribution is 2.11. The van der Waals surface area contributed by atoms with E-state index in [-0.39, 0.29) is 12.1 Å². The van der Waals surface area contributed by atoms with Gasteiger partial charge in [0, 0.05) is 10.5 Å². The zero-order valence-corrected chi connectivity index (χ0v) is 7.56. The average Bonchev–Trinajstić information content (AvgIpc) is 2.07. The summed E-state index contributed by atoms with van der Waals surface area (Å²) in [7, 11) is 0. The molecule has 0 heterocycles. The molecule has 1 rings (SSSR count). The fraction of sp³-hybridized carbons (Fsp3) is 0.222. The molecule has 0 radical (unpaired) electrons. The van der Waals surface area contributed by atoms with Gasteiger partial charge in [0.25, 0.3) is 0 Å². The van der Waals surface area contributed by atoms with Gasteiger partial charge in [0.2, 0.25) is 6.54 Å². The van der Waals surface area contributed by atoms with Crippen molar-refractivity contribution in [3.63, 3.8) is 0 Å². The Balaban J connectivity index is 3.06. The summed E-state index contributed by atoms with van der Waals surface area (Å²) in [5, 5.41) is 18.9. The third-order valence-electron chi connectivity index (χ3n) is 1.84. The number of hydrogen-bond acceptors (Lipinski definition) is 3. The van der Waals surface area contributed by atoms with Crippen molar-refractivity contribution in [1.29, 1.82) is 0 Å². The molecule has 0 spiro atoms. The van der Waals surface area contributed by atoms with Gasteiger partial charge in [-0.2, -0.15) is 0 Å². The highest BCUT2D eigenvalue weighted by molar-refractivity contribution is 5.89. The molecular weight excluding hydrogens is 186 g/mol. The van der Waals surface area contributed by atoms with Crippen LogP contribution in [0.15, 0.2) is 18.2 Å². The SMILES string of the molecule is Cc1ccc(C[N+](=O)[O-])cc1C(=O)O. The highest BCUT2D eigenvalue weighted by atomic mass is 16.6. The minimum atomic E-state index is -1.06. The summed E-state index contributed by atoms with van der Waals surface area (Å²) in [6, 6.07) is 4.47. The lowest BCUT2D eigenvalue weighted by molar-refractivity contribution is -0.496. The van der Waals surface area contributed by atoms with Gasteiger partial charge in [-0.05, 0) is 18.6 Å². The molecule has 1 aromatic carbocycles. The molecule has 0 saturated carbocycles. The van der Waals surface area contributed by atoms with Crippen molar-refractivity contribution in [3.05, 3.63) is 45.0 Å². The molecule has 5 heteroatoms. The molecule has 0 atom stereocenters. The number of hydrogen-bond donors (Lipinski definition) is 1. The Morgan fingerprint density at radius 1 is 1.57 bits per heavy atom. The lowest BCUT2D eigenvalue weighted by Crippen LogP contribution is -2.03. The normalized spacial score (nSPS) is 9.79. The summed E-state index contributed by atoms with van der Waals surface area (Å²) < 4.78 is 0. The van der Waals surface area contributed by atoms with Crippen LogP contribution in [0.3, 0.4) is 0 Å². The van der Waals surface area contributed by atoms with Gasteiger partial charge in [-0.15, -0.1) is 0 Å². The Kier molecular flexibility index (Phi) is 2.81. The number of aryl methyl sites for hydroxylation is 1. The van der Waals surface area contributed by atoms with Crippen molar-refractivity contribution in [2.24, 2.45) is 0 Å². The first-order valence-electron chi connectivity index (χ1n) is 3.95. The molecule has 74 valence electrons. The molecule has 0 amide bonds. The zero-order chi connectivity index (χ0) is 10.7. The van der Waals surface area contributed by atoms with Crippen molar-refractivity contribution in [2.75, 3.05) is 0 Å². The maximum atomic E-state index is 10.7. The van der Waals surface area contributed by atoms with Crippen LogP contribution >= 0.6 is 0 Å². The lowest BCUT2D eigenvalue weighted by atomic mass is 10.1. The Morgan fingerprint density at radius 2 is 2.21 bits per heavy atom. The zero-order valence-electron chi connectivity index (χ0n) is 7.56. The molecule has 0 bridgehead atoms. The molecule has 0 aromatic heterocycles. The Morgan fingerprint density at radius 3 is 2.71 bits per heavy atom. The largest absolute Gasteiger partial charge is 0.478 e. The van der Waals surface area contributed by atoms with E-state index in [0.29, 0.717) is 11.1 Å². The van der Waals surface area contributed by atoms with Crippen LogP contribution in [0.5, 0.6) is 0 Å². The van der Waals surface area contributed by atoms with E-state index in [9.17, 15) is 14.9 Å². The van der Waals surface area contributed by atoms with Crippen LogP contribution in [-0.2, 0) is 6.54 Å². The lowest BCUT2D eigenvalue weighted by Gasteiger charge is -2.01. The van der Waals surface area contributed by atoms with Crippen molar-refractivity contribution in [1.82, 2.24) is 0 Å². The molecule has 5 nitrogen and oxygen atoms in total. The molecule has 14 heavy (non-hydrogen) atoms. The van der Waals surface area contributed by atoms with Gasteiger partial charge in [-0.25, -0.2) is 4.79 Å². The molecule has 0 unspecified atom stereocenters. The fourth-order valence-electron chi connectivity index (χ4n) is 1.15. The Hall–Kier alpha value is -1.91. The minimum absolute atomic E-state index is 0.115. The second-order valence-corrected chi connectivity index (χ2v) is 2.95. The Labute approximate surface area is 80.1 Å². The molecule has 1 N–H and O–H groups in total. The van der Waals surface area contributed by atoms with Crippen LogP contribution < -0.4 is 0 Å². The summed E-state index contributed by atoms with van der Waals surface area (Å²) in [5.41, 5.74) is 1.12. The van der Waals surface area contributed by atoms with Crippen LogP contribution in [-0.4, -0.2) is 16.0 Å². The smallest absolute Gasteiger partial charge is 0.335 e. The third-order valence-corrected chi connectivity index (χ3v) is 1.84. The predicted octanol–water partition coefficient (Wildman–Crippen LogP) is 1.47. The standard InChI is InChI=1S/C9H9NO4/c1-6-2-3-7(5-10(13)14)4-8(6)9(11)12/h2-4H,5H2,1H3,(H,11,12). The van der Waals surface area contributed by atoms with E-state index in [4.69, 9.17) is 5.11 Å². The van der Waals surface area contributed by atoms with Gasteiger partial charge < -0.3 is 5.11 Å². The number of aromatic carboxylic acids is 1. The average molecular weight is 195 g/mol. The number of carboxylic acids is 1. The molecule has 1 aromatic rings. The van der Waals surface area contributed by atoms with E-state index in [1.807, 2.05) is 0 Å². The number of rotatable bonds is 3. The van der Waals surface area contributed by atoms with E-state index < -0.39 is 10.9 Å². The molecule has 0 fully saturated rings. The van der Waals surface area contributed by atoms with E-state index in [1.165, 1.54) is 6.07 Å². The first-order chi connectivity index (χ1) is 6.50. The van der Waals surface area contributed by atoms with Crippen LogP contribution in [0.2, 0.25) is 0 Å². The first-order valence-corrected chi connectivity index (χ1v) is 3.95. The first kappa shape index (κ1) is 10.2. The number of carbonyl (C=O) groups is 1. The van der Waals surface area contributed by atoms with Gasteiger partial charge in [0.15, 0.2) is 0 Å². The van der Waals surface area contributed by atoms with Crippen LogP contribution in [0.4, 0.5) is 0 Å². The second-order valence-electron chi connectivity index (χ2n) is 2.95. The Bertz CT molecular complexity index is 386. The molecular formula is C9H9NO4. The summed E-state index contributed by atoms with van der Waals surface area (Å²) in [6.45, 7) is 1.31. The summed E-state index contributed by atoms with van der Waals surface area (Å²) in [4.78, 5) is 20.4. The summed E-state index contributed by atoms with van der Waals surface area (Å²) in [5.74, 6) is -1.06. The maximum Gasteiger partial charge on any atom is 0.335 e. The van der Waals surface area contributed by atoms with E-state index in [2.05, 4.69) is 0 Å². The third kappa shape index (κ3) is 2.29. The fourth-order valence-corrected chi connectivity index (χ4v) is 1.15. The molecule has 0 aliphatic heterocycles. The number of nitrogens with zero attached hydrogens (tertiary/aromatic N) is 1. The van der Waals surface area contributed by atoms with E-state index >= 15 is 0 Å². The van der Waals surface area contributed by atoms with E-state index in [1.54, 1.807) is 19.1 Å². The van der Waals surface area contributed by atoms with E-state index in [0.717, 1.165) is 0 Å². The van der Waals surface area contributed by atoms with Crippen molar-refractivity contribution in [2.45, 2.75) is 13.5 Å². The molecule has 0 aliphatic carbocycles. The summed E-state index contributed by atoms with van der Waals surface area (Å²) in [6.07, 6.45) is 0. The number of nitro groups is 1. The van der Waals surface area contributed by atoms with Gasteiger partial charge in [-0.3, -0.25) is 10.1 Å². The maximum absolute atomic E-state index is 10.7. The second kappa shape index (κ2) is 3.87. The number of carboxylic acid groups (broad SMARTS) is 1. The van der Waals surface area contributed by atoms with Crippen LogP contribution in [0.25, 0.3) is 0 Å². The van der Waals surface area contributed by atoms with Crippen molar-refractivity contribution < 1.29 is 14.8 Å². The minimum Gasteiger partial charge on any atom is -0.478 e. The highest BCUT2D eigenvalue weighted by Gasteiger charge is 2.09. The van der Waals surface area contributed by atoms with Crippen LogP contribution in [0, 0.1) is 17.0 Å². The van der Waals surface area contributed by atoms with Gasteiger partial charge >= 0.3 is 5.97 Å². The van der Waals surface area contributed by atoms with Crippen LogP contribution in [0.1, 0.15) is 21.5 Å². The van der Waals surface area contributed by atoms with Gasteiger partial charge in [0.1, 0.15) is 0 Å². The van der Waals surface area contributed by atoms with Gasteiger partial charge in [-0.1, -0.05) is 12.1 Å². The quantitative estimate of drug-likeness (QED) is 0.585. The van der Waals surface area contributed by atoms with Crippen molar-refractivity contribution in [3.8, 4) is 0 Å². The monoisotopic (exact) mass is 195 g/mol. The van der Waals surface area contributed by atoms with Gasteiger partial charge in [0.05, 0.1) is 5.56 Å². The van der Waals surface area contributed by atoms with Crippen molar-refractivity contribution >= 4 is 5.97 Å². The predicted molar refractivity (Wildman–Crippen MR) is 48.8 cm³/mol. The number of benzene rings is 1. The summed E-state index contributed by atoms with van der Waals surface area (Å²) >= 11 is 0. The molecule has 0 aliphatic rings. The molecule has 0 saturated heterocycles.